The van der Waals surface area contributed by atoms with Gasteiger partial charge in [-0.1, -0.05) is 24.3 Å². The number of nitrogens with one attached hydrogen (secondary N) is 1. The number of nitrogens with zero attached hydrogens (tertiary/aromatic N) is 1. The fraction of sp³-hybridized carbons (Fsp3) is 0.269. The van der Waals surface area contributed by atoms with Crippen LogP contribution in [0.4, 0.5) is 5.69 Å². The molecule has 0 saturated carbocycles. The van der Waals surface area contributed by atoms with Crippen LogP contribution in [0, 0.1) is 0 Å². The predicted octanol–water partition coefficient (Wildman–Crippen LogP) is 4.09. The van der Waals surface area contributed by atoms with Crippen LogP contribution in [-0.4, -0.2) is 35.1 Å². The maximum absolute atomic E-state index is 13.5. The number of fused-ring (bicyclic) bond motifs is 1. The highest BCUT2D eigenvalue weighted by Gasteiger charge is 2.29. The van der Waals surface area contributed by atoms with E-state index >= 15 is 0 Å². The van der Waals surface area contributed by atoms with Crippen molar-refractivity contribution in [3.63, 3.8) is 0 Å². The third-order valence-electron chi connectivity index (χ3n) is 5.98. The first-order valence-electron chi connectivity index (χ1n) is 11.1. The van der Waals surface area contributed by atoms with Crippen LogP contribution in [0.5, 0.6) is 11.5 Å². The summed E-state index contributed by atoms with van der Waals surface area (Å²) in [4.78, 5) is 13.2. The number of amides is 1. The van der Waals surface area contributed by atoms with Gasteiger partial charge in [0, 0.05) is 0 Å². The van der Waals surface area contributed by atoms with Crippen molar-refractivity contribution in [3.8, 4) is 11.5 Å². The second kappa shape index (κ2) is 10.2. The first-order valence-corrected chi connectivity index (χ1v) is 12.5. The van der Waals surface area contributed by atoms with Crippen molar-refractivity contribution in [3.05, 3.63) is 83.9 Å². The highest BCUT2D eigenvalue weighted by atomic mass is 32.2. The Morgan fingerprint density at radius 2 is 1.65 bits per heavy atom. The molecule has 0 saturated heterocycles. The Morgan fingerprint density at radius 3 is 2.32 bits per heavy atom. The number of ether oxygens (including phenoxy) is 2. The second-order valence-electron chi connectivity index (χ2n) is 8.10. The van der Waals surface area contributed by atoms with Crippen molar-refractivity contribution < 1.29 is 22.7 Å². The summed E-state index contributed by atoms with van der Waals surface area (Å²) < 4.78 is 38.6. The topological polar surface area (TPSA) is 84.9 Å². The molecule has 0 spiro atoms. The monoisotopic (exact) mass is 480 g/mol. The van der Waals surface area contributed by atoms with Gasteiger partial charge < -0.3 is 14.8 Å². The van der Waals surface area contributed by atoms with E-state index in [1.807, 2.05) is 18.2 Å². The Bertz CT molecular complexity index is 1240. The number of carbonyl (C=O) groups is 1. The molecule has 178 valence electrons. The number of carbonyl (C=O) groups excluding carboxylic acids is 1. The van der Waals surface area contributed by atoms with E-state index < -0.39 is 10.0 Å². The molecular formula is C26H28N2O5S. The normalized spacial score (nSPS) is 15.2. The Labute approximate surface area is 200 Å². The predicted molar refractivity (Wildman–Crippen MR) is 131 cm³/mol. The highest BCUT2D eigenvalue weighted by Crippen LogP contribution is 2.32. The van der Waals surface area contributed by atoms with Crippen LogP contribution < -0.4 is 19.1 Å². The molecule has 1 unspecified atom stereocenters. The molecule has 1 amide bonds. The zero-order chi connectivity index (χ0) is 24.1. The molecule has 0 bridgehead atoms. The van der Waals surface area contributed by atoms with E-state index in [4.69, 9.17) is 9.47 Å². The SMILES string of the molecule is COc1ccc(S(=O)(=O)N(CC(=O)NC2CCCc3cc(OC)ccc32)c2ccccc2)cc1. The van der Waals surface area contributed by atoms with Gasteiger partial charge in [0.25, 0.3) is 10.0 Å². The van der Waals surface area contributed by atoms with Crippen LogP contribution in [0.25, 0.3) is 0 Å². The molecule has 3 aromatic carbocycles. The van der Waals surface area contributed by atoms with Gasteiger partial charge in [0.15, 0.2) is 0 Å². The van der Waals surface area contributed by atoms with Crippen molar-refractivity contribution in [2.45, 2.75) is 30.2 Å². The molecule has 1 N–H and O–H groups in total. The fourth-order valence-electron chi connectivity index (χ4n) is 4.22. The number of rotatable bonds is 8. The van der Waals surface area contributed by atoms with E-state index in [1.54, 1.807) is 49.6 Å². The smallest absolute Gasteiger partial charge is 0.264 e. The van der Waals surface area contributed by atoms with Gasteiger partial charge in [-0.3, -0.25) is 9.10 Å². The zero-order valence-corrected chi connectivity index (χ0v) is 20.0. The summed E-state index contributed by atoms with van der Waals surface area (Å²) in [6, 6.07) is 20.5. The molecule has 0 radical (unpaired) electrons. The summed E-state index contributed by atoms with van der Waals surface area (Å²) in [6.45, 7) is -0.333. The summed E-state index contributed by atoms with van der Waals surface area (Å²) in [5, 5.41) is 3.05. The zero-order valence-electron chi connectivity index (χ0n) is 19.2. The van der Waals surface area contributed by atoms with Crippen LogP contribution in [-0.2, 0) is 21.2 Å². The minimum Gasteiger partial charge on any atom is -0.497 e. The van der Waals surface area contributed by atoms with Crippen molar-refractivity contribution in [2.24, 2.45) is 0 Å². The number of benzene rings is 3. The Morgan fingerprint density at radius 1 is 0.971 bits per heavy atom. The number of hydrogen-bond donors (Lipinski definition) is 1. The van der Waals surface area contributed by atoms with Gasteiger partial charge in [-0.05, 0) is 78.9 Å². The molecule has 0 aliphatic heterocycles. The van der Waals surface area contributed by atoms with E-state index in [0.717, 1.165) is 40.4 Å². The molecule has 8 heteroatoms. The minimum atomic E-state index is -3.98. The van der Waals surface area contributed by atoms with Gasteiger partial charge in [0.1, 0.15) is 18.0 Å². The average molecular weight is 481 g/mol. The Balaban J connectivity index is 1.59. The van der Waals surface area contributed by atoms with Crippen LogP contribution in [0.2, 0.25) is 0 Å². The lowest BCUT2D eigenvalue weighted by atomic mass is 9.87. The lowest BCUT2D eigenvalue weighted by molar-refractivity contribution is -0.120. The number of aryl methyl sites for hydroxylation is 1. The highest BCUT2D eigenvalue weighted by molar-refractivity contribution is 7.92. The first-order chi connectivity index (χ1) is 16.4. The van der Waals surface area contributed by atoms with Crippen LogP contribution in [0.1, 0.15) is 30.0 Å². The molecule has 0 heterocycles. The number of hydrogen-bond acceptors (Lipinski definition) is 5. The second-order valence-corrected chi connectivity index (χ2v) is 9.96. The van der Waals surface area contributed by atoms with Crippen LogP contribution >= 0.6 is 0 Å². The van der Waals surface area contributed by atoms with E-state index in [2.05, 4.69) is 5.32 Å². The molecular weight excluding hydrogens is 452 g/mol. The lowest BCUT2D eigenvalue weighted by Gasteiger charge is -2.29. The van der Waals surface area contributed by atoms with Crippen LogP contribution in [0.3, 0.4) is 0 Å². The van der Waals surface area contributed by atoms with Gasteiger partial charge in [-0.15, -0.1) is 0 Å². The Kier molecular flexibility index (Phi) is 7.07. The molecule has 1 atom stereocenters. The van der Waals surface area contributed by atoms with Gasteiger partial charge in [0.05, 0.1) is 30.8 Å². The first kappa shape index (κ1) is 23.6. The number of sulfonamides is 1. The number of para-hydroxylation sites is 1. The molecule has 7 nitrogen and oxygen atoms in total. The third-order valence-corrected chi connectivity index (χ3v) is 7.77. The molecule has 0 fully saturated rings. The third kappa shape index (κ3) is 5.02. The van der Waals surface area contributed by atoms with E-state index in [1.165, 1.54) is 19.2 Å². The van der Waals surface area contributed by atoms with Gasteiger partial charge in [-0.2, -0.15) is 0 Å². The van der Waals surface area contributed by atoms with E-state index in [0.29, 0.717) is 11.4 Å². The van der Waals surface area contributed by atoms with Crippen molar-refractivity contribution in [1.82, 2.24) is 5.32 Å². The number of anilines is 1. The van der Waals surface area contributed by atoms with E-state index in [9.17, 15) is 13.2 Å². The fourth-order valence-corrected chi connectivity index (χ4v) is 5.64. The summed E-state index contributed by atoms with van der Waals surface area (Å²) in [5.74, 6) is 0.969. The number of methoxy groups -OCH3 is 2. The molecule has 0 aromatic heterocycles. The maximum Gasteiger partial charge on any atom is 0.264 e. The molecule has 1 aliphatic carbocycles. The van der Waals surface area contributed by atoms with Gasteiger partial charge in [-0.25, -0.2) is 8.42 Å². The standard InChI is InChI=1S/C26H28N2O5S/c1-32-21-11-14-23(15-12-21)34(30,31)28(20-8-4-3-5-9-20)18-26(29)27-25-10-6-7-19-17-22(33-2)13-16-24(19)25/h3-5,8-9,11-17,25H,6-7,10,18H2,1-2H3,(H,27,29). The summed E-state index contributed by atoms with van der Waals surface area (Å²) >= 11 is 0. The van der Waals surface area contributed by atoms with Gasteiger partial charge >= 0.3 is 0 Å². The molecule has 34 heavy (non-hydrogen) atoms. The molecule has 1 aliphatic rings. The lowest BCUT2D eigenvalue weighted by Crippen LogP contribution is -2.42. The quantitative estimate of drug-likeness (QED) is 0.525. The minimum absolute atomic E-state index is 0.0834. The van der Waals surface area contributed by atoms with Crippen molar-refractivity contribution in [1.29, 1.82) is 0 Å². The molecule has 3 aromatic rings. The summed E-state index contributed by atoms with van der Waals surface area (Å²) in [5.41, 5.74) is 2.61. The van der Waals surface area contributed by atoms with E-state index in [-0.39, 0.29) is 23.4 Å². The largest absolute Gasteiger partial charge is 0.497 e. The van der Waals surface area contributed by atoms with Crippen molar-refractivity contribution >= 4 is 21.6 Å². The Hall–Kier alpha value is -3.52. The summed E-state index contributed by atoms with van der Waals surface area (Å²) in [6.07, 6.45) is 2.64. The average Bonchev–Trinajstić information content (AvgIpc) is 2.87. The van der Waals surface area contributed by atoms with Gasteiger partial charge in [0.2, 0.25) is 5.91 Å². The molecule has 4 rings (SSSR count). The van der Waals surface area contributed by atoms with Crippen LogP contribution in [0.15, 0.2) is 77.7 Å². The maximum atomic E-state index is 13.5. The summed E-state index contributed by atoms with van der Waals surface area (Å²) in [7, 11) is -0.836. The van der Waals surface area contributed by atoms with Crippen molar-refractivity contribution in [2.75, 3.05) is 25.1 Å².